The Kier molecular flexibility index (Phi) is 3.55. The summed E-state index contributed by atoms with van der Waals surface area (Å²) >= 11 is 0. The Balaban J connectivity index is 2.05. The number of rotatable bonds is 5. The standard InChI is InChI=1S/C10H13N7O2/c1-16-6-13-15-9(16)4-5-12-10-7(17(18)19)2-3-8(11)14-10/h2-3,6H,4-5H2,1H3,(H3,11,12,14). The van der Waals surface area contributed by atoms with Gasteiger partial charge in [-0.1, -0.05) is 0 Å². The molecule has 0 atom stereocenters. The van der Waals surface area contributed by atoms with Crippen LogP contribution in [-0.4, -0.2) is 31.2 Å². The fourth-order valence-electron chi connectivity index (χ4n) is 1.57. The second-order valence-electron chi connectivity index (χ2n) is 3.90. The number of hydrogen-bond donors (Lipinski definition) is 2. The van der Waals surface area contributed by atoms with Crippen LogP contribution in [0.5, 0.6) is 0 Å². The van der Waals surface area contributed by atoms with Gasteiger partial charge in [-0.2, -0.15) is 0 Å². The number of hydrogen-bond acceptors (Lipinski definition) is 7. The third-order valence-corrected chi connectivity index (χ3v) is 2.54. The van der Waals surface area contributed by atoms with Crippen molar-refractivity contribution in [1.29, 1.82) is 0 Å². The van der Waals surface area contributed by atoms with Gasteiger partial charge < -0.3 is 15.6 Å². The first kappa shape index (κ1) is 12.7. The molecule has 0 amide bonds. The molecule has 3 N–H and O–H groups in total. The summed E-state index contributed by atoms with van der Waals surface area (Å²) in [5, 5.41) is 21.4. The molecule has 2 rings (SSSR count). The largest absolute Gasteiger partial charge is 0.384 e. The number of nitrogens with two attached hydrogens (primary N) is 1. The van der Waals surface area contributed by atoms with E-state index in [1.54, 1.807) is 10.9 Å². The van der Waals surface area contributed by atoms with Gasteiger partial charge in [-0.05, 0) is 6.07 Å². The molecule has 100 valence electrons. The molecule has 2 aromatic rings. The molecule has 0 radical (unpaired) electrons. The molecule has 0 saturated carbocycles. The Morgan fingerprint density at radius 1 is 1.53 bits per heavy atom. The minimum atomic E-state index is -0.503. The second kappa shape index (κ2) is 5.29. The molecule has 0 spiro atoms. The highest BCUT2D eigenvalue weighted by atomic mass is 16.6. The van der Waals surface area contributed by atoms with Gasteiger partial charge in [-0.25, -0.2) is 4.98 Å². The normalized spacial score (nSPS) is 10.4. The number of nitrogen functional groups attached to an aromatic ring is 1. The first-order chi connectivity index (χ1) is 9.08. The molecule has 0 bridgehead atoms. The van der Waals surface area contributed by atoms with Crippen molar-refractivity contribution < 1.29 is 4.92 Å². The van der Waals surface area contributed by atoms with Crippen molar-refractivity contribution >= 4 is 17.3 Å². The van der Waals surface area contributed by atoms with Gasteiger partial charge in [0.05, 0.1) is 4.92 Å². The number of nitro groups is 1. The molecular weight excluding hydrogens is 250 g/mol. The Morgan fingerprint density at radius 3 is 2.95 bits per heavy atom. The van der Waals surface area contributed by atoms with Crippen LogP contribution < -0.4 is 11.1 Å². The van der Waals surface area contributed by atoms with Crippen molar-refractivity contribution in [2.75, 3.05) is 17.6 Å². The molecule has 0 aromatic carbocycles. The highest BCUT2D eigenvalue weighted by molar-refractivity contribution is 5.59. The van der Waals surface area contributed by atoms with E-state index in [1.807, 2.05) is 7.05 Å². The molecule has 0 aliphatic rings. The van der Waals surface area contributed by atoms with E-state index in [9.17, 15) is 10.1 Å². The van der Waals surface area contributed by atoms with Crippen molar-refractivity contribution in [3.8, 4) is 0 Å². The summed E-state index contributed by atoms with van der Waals surface area (Å²) < 4.78 is 1.78. The Morgan fingerprint density at radius 2 is 2.32 bits per heavy atom. The molecule has 19 heavy (non-hydrogen) atoms. The number of pyridine rings is 1. The lowest BCUT2D eigenvalue weighted by molar-refractivity contribution is -0.384. The minimum absolute atomic E-state index is 0.104. The molecular formula is C10H13N7O2. The third kappa shape index (κ3) is 2.94. The van der Waals surface area contributed by atoms with Gasteiger partial charge in [0.15, 0.2) is 0 Å². The van der Waals surface area contributed by atoms with E-state index in [-0.39, 0.29) is 17.3 Å². The zero-order valence-electron chi connectivity index (χ0n) is 10.3. The van der Waals surface area contributed by atoms with Crippen LogP contribution in [0.4, 0.5) is 17.3 Å². The van der Waals surface area contributed by atoms with E-state index < -0.39 is 4.92 Å². The van der Waals surface area contributed by atoms with Gasteiger partial charge in [0, 0.05) is 26.1 Å². The van der Waals surface area contributed by atoms with Crippen LogP contribution in [-0.2, 0) is 13.5 Å². The predicted molar refractivity (Wildman–Crippen MR) is 68.5 cm³/mol. The Hall–Kier alpha value is -2.71. The average molecular weight is 263 g/mol. The lowest BCUT2D eigenvalue weighted by Gasteiger charge is -2.06. The smallest absolute Gasteiger partial charge is 0.311 e. The molecule has 0 aliphatic heterocycles. The molecule has 2 heterocycles. The summed E-state index contributed by atoms with van der Waals surface area (Å²) in [6.07, 6.45) is 2.17. The lowest BCUT2D eigenvalue weighted by atomic mass is 10.3. The summed E-state index contributed by atoms with van der Waals surface area (Å²) in [6.45, 7) is 0.448. The SMILES string of the molecule is Cn1cnnc1CCNc1nc(N)ccc1[N+](=O)[O-]. The highest BCUT2D eigenvalue weighted by Crippen LogP contribution is 2.22. The number of aryl methyl sites for hydroxylation is 1. The topological polar surface area (TPSA) is 125 Å². The van der Waals surface area contributed by atoms with E-state index >= 15 is 0 Å². The monoisotopic (exact) mass is 263 g/mol. The average Bonchev–Trinajstić information content (AvgIpc) is 2.75. The summed E-state index contributed by atoms with van der Waals surface area (Å²) in [5.41, 5.74) is 5.41. The molecule has 0 unspecified atom stereocenters. The quantitative estimate of drug-likeness (QED) is 0.589. The van der Waals surface area contributed by atoms with E-state index in [2.05, 4.69) is 20.5 Å². The van der Waals surface area contributed by atoms with Crippen molar-refractivity contribution in [2.24, 2.45) is 7.05 Å². The van der Waals surface area contributed by atoms with Crippen LogP contribution in [0.2, 0.25) is 0 Å². The van der Waals surface area contributed by atoms with Gasteiger partial charge in [0.25, 0.3) is 0 Å². The second-order valence-corrected chi connectivity index (χ2v) is 3.90. The first-order valence-electron chi connectivity index (χ1n) is 5.55. The Labute approximate surface area is 108 Å². The third-order valence-electron chi connectivity index (χ3n) is 2.54. The van der Waals surface area contributed by atoms with Gasteiger partial charge in [0.2, 0.25) is 5.82 Å². The van der Waals surface area contributed by atoms with Crippen LogP contribution >= 0.6 is 0 Å². The predicted octanol–water partition coefficient (Wildman–Crippen LogP) is 0.355. The number of anilines is 2. The molecule has 9 heteroatoms. The van der Waals surface area contributed by atoms with Crippen LogP contribution in [0.15, 0.2) is 18.5 Å². The van der Waals surface area contributed by atoms with Crippen LogP contribution in [0.1, 0.15) is 5.82 Å². The maximum absolute atomic E-state index is 10.8. The summed E-state index contributed by atoms with van der Waals surface area (Å²) in [4.78, 5) is 14.3. The van der Waals surface area contributed by atoms with Crippen molar-refractivity contribution in [3.63, 3.8) is 0 Å². The molecule has 0 aliphatic carbocycles. The fourth-order valence-corrected chi connectivity index (χ4v) is 1.57. The summed E-state index contributed by atoms with van der Waals surface area (Å²) in [6, 6.07) is 2.72. The highest BCUT2D eigenvalue weighted by Gasteiger charge is 2.15. The van der Waals surface area contributed by atoms with Crippen molar-refractivity contribution in [2.45, 2.75) is 6.42 Å². The van der Waals surface area contributed by atoms with E-state index in [1.165, 1.54) is 12.1 Å². The molecule has 2 aromatic heterocycles. The first-order valence-corrected chi connectivity index (χ1v) is 5.55. The lowest BCUT2D eigenvalue weighted by Crippen LogP contribution is -2.11. The van der Waals surface area contributed by atoms with E-state index in [4.69, 9.17) is 5.73 Å². The summed E-state index contributed by atoms with van der Waals surface area (Å²) in [7, 11) is 1.83. The van der Waals surface area contributed by atoms with Crippen LogP contribution in [0, 0.1) is 10.1 Å². The zero-order chi connectivity index (χ0) is 13.8. The van der Waals surface area contributed by atoms with Crippen LogP contribution in [0.25, 0.3) is 0 Å². The maximum Gasteiger partial charge on any atom is 0.311 e. The van der Waals surface area contributed by atoms with Crippen molar-refractivity contribution in [3.05, 3.63) is 34.4 Å². The summed E-state index contributed by atoms with van der Waals surface area (Å²) in [5.74, 6) is 1.16. The Bertz CT molecular complexity index is 595. The fraction of sp³-hybridized carbons (Fsp3) is 0.300. The molecule has 0 saturated heterocycles. The molecule has 0 fully saturated rings. The number of nitrogens with one attached hydrogen (secondary N) is 1. The number of aromatic nitrogens is 4. The van der Waals surface area contributed by atoms with Gasteiger partial charge in [-0.15, -0.1) is 10.2 Å². The van der Waals surface area contributed by atoms with Gasteiger partial charge in [-0.3, -0.25) is 10.1 Å². The minimum Gasteiger partial charge on any atom is -0.384 e. The van der Waals surface area contributed by atoms with Gasteiger partial charge in [0.1, 0.15) is 18.0 Å². The molecule has 9 nitrogen and oxygen atoms in total. The van der Waals surface area contributed by atoms with Crippen LogP contribution in [0.3, 0.4) is 0 Å². The van der Waals surface area contributed by atoms with Crippen molar-refractivity contribution in [1.82, 2.24) is 19.7 Å². The van der Waals surface area contributed by atoms with E-state index in [0.29, 0.717) is 13.0 Å². The van der Waals surface area contributed by atoms with Gasteiger partial charge >= 0.3 is 5.69 Å². The van der Waals surface area contributed by atoms with E-state index in [0.717, 1.165) is 5.82 Å². The maximum atomic E-state index is 10.8. The number of nitrogens with zero attached hydrogens (tertiary/aromatic N) is 5. The zero-order valence-corrected chi connectivity index (χ0v) is 10.3.